The topological polar surface area (TPSA) is 75.4 Å². The number of benzene rings is 1. The lowest BCUT2D eigenvalue weighted by Crippen LogP contribution is -2.38. The van der Waals surface area contributed by atoms with E-state index in [4.69, 9.17) is 5.73 Å². The maximum absolute atomic E-state index is 11.4. The van der Waals surface area contributed by atoms with Crippen molar-refractivity contribution in [3.8, 4) is 0 Å². The monoisotopic (exact) mass is 247 g/mol. The van der Waals surface area contributed by atoms with Crippen LogP contribution in [-0.2, 0) is 11.2 Å². The molecule has 0 spiro atoms. The number of rotatable bonds is 3. The Morgan fingerprint density at radius 1 is 1.33 bits per heavy atom. The van der Waals surface area contributed by atoms with Crippen molar-refractivity contribution < 1.29 is 9.59 Å². The van der Waals surface area contributed by atoms with Gasteiger partial charge in [0, 0.05) is 25.2 Å². The van der Waals surface area contributed by atoms with Crippen molar-refractivity contribution >= 4 is 17.6 Å². The van der Waals surface area contributed by atoms with E-state index in [1.807, 2.05) is 12.1 Å². The Hall–Kier alpha value is -2.04. The number of urea groups is 1. The Kier molecular flexibility index (Phi) is 3.82. The van der Waals surface area contributed by atoms with E-state index in [1.165, 1.54) is 11.3 Å². The fraction of sp³-hybridized carbons (Fsp3) is 0.385. The van der Waals surface area contributed by atoms with Crippen LogP contribution in [0.5, 0.6) is 0 Å². The highest BCUT2D eigenvalue weighted by Gasteiger charge is 2.16. The number of carbonyl (C=O) groups excluding carboxylic acids is 2. The summed E-state index contributed by atoms with van der Waals surface area (Å²) in [5.41, 5.74) is 7.40. The first kappa shape index (κ1) is 12.4. The number of hydrogen-bond donors (Lipinski definition) is 2. The Bertz CT molecular complexity index is 459. The summed E-state index contributed by atoms with van der Waals surface area (Å²) in [6.45, 7) is 1.55. The van der Waals surface area contributed by atoms with Gasteiger partial charge in [0.2, 0.25) is 5.91 Å². The van der Waals surface area contributed by atoms with Gasteiger partial charge < -0.3 is 10.6 Å². The van der Waals surface area contributed by atoms with E-state index in [0.29, 0.717) is 6.54 Å². The summed E-state index contributed by atoms with van der Waals surface area (Å²) in [7, 11) is 0. The predicted octanol–water partition coefficient (Wildman–Crippen LogP) is 1.02. The molecular weight excluding hydrogens is 230 g/mol. The zero-order valence-electron chi connectivity index (χ0n) is 10.2. The molecule has 0 bridgehead atoms. The summed E-state index contributed by atoms with van der Waals surface area (Å²) < 4.78 is 0. The Morgan fingerprint density at radius 2 is 2.11 bits per heavy atom. The molecule has 3 amide bonds. The van der Waals surface area contributed by atoms with Gasteiger partial charge in [-0.3, -0.25) is 10.1 Å². The van der Waals surface area contributed by atoms with Crippen molar-refractivity contribution in [3.63, 3.8) is 0 Å². The average Bonchev–Trinajstić information content (AvgIpc) is 2.35. The summed E-state index contributed by atoms with van der Waals surface area (Å²) in [6, 6.07) is 7.42. The summed E-state index contributed by atoms with van der Waals surface area (Å²) >= 11 is 0. The third-order valence-electron chi connectivity index (χ3n) is 3.08. The lowest BCUT2D eigenvalue weighted by molar-refractivity contribution is -0.119. The molecule has 0 fully saturated rings. The first-order valence-electron chi connectivity index (χ1n) is 6.09. The number of imide groups is 1. The number of hydrogen-bond acceptors (Lipinski definition) is 3. The van der Waals surface area contributed by atoms with Crippen molar-refractivity contribution in [3.05, 3.63) is 29.8 Å². The molecule has 0 aliphatic carbocycles. The van der Waals surface area contributed by atoms with E-state index in [2.05, 4.69) is 22.3 Å². The van der Waals surface area contributed by atoms with Crippen molar-refractivity contribution in [1.82, 2.24) is 5.32 Å². The molecule has 1 aromatic carbocycles. The van der Waals surface area contributed by atoms with Gasteiger partial charge >= 0.3 is 6.03 Å². The van der Waals surface area contributed by atoms with E-state index in [9.17, 15) is 9.59 Å². The molecule has 1 aliphatic rings. The molecule has 1 aromatic rings. The van der Waals surface area contributed by atoms with Crippen LogP contribution in [0, 0.1) is 0 Å². The minimum absolute atomic E-state index is 0.275. The smallest absolute Gasteiger partial charge is 0.318 e. The molecule has 0 atom stereocenters. The second kappa shape index (κ2) is 5.53. The van der Waals surface area contributed by atoms with E-state index < -0.39 is 6.03 Å². The van der Waals surface area contributed by atoms with Crippen LogP contribution in [0.25, 0.3) is 0 Å². The molecule has 0 radical (unpaired) electrons. The SMILES string of the molecule is NC(=O)NC(=O)CCN1CCCc2ccccc21. The second-order valence-electron chi connectivity index (χ2n) is 4.38. The van der Waals surface area contributed by atoms with Gasteiger partial charge in [0.25, 0.3) is 0 Å². The fourth-order valence-electron chi connectivity index (χ4n) is 2.28. The Balaban J connectivity index is 1.95. The minimum Gasteiger partial charge on any atom is -0.371 e. The van der Waals surface area contributed by atoms with Crippen LogP contribution in [0.15, 0.2) is 24.3 Å². The molecule has 5 nitrogen and oxygen atoms in total. The summed E-state index contributed by atoms with van der Waals surface area (Å²) in [5.74, 6) is -0.328. The van der Waals surface area contributed by atoms with Gasteiger partial charge in [0.15, 0.2) is 0 Å². The predicted molar refractivity (Wildman–Crippen MR) is 69.3 cm³/mol. The molecule has 2 rings (SSSR count). The number of aryl methyl sites for hydroxylation is 1. The molecule has 1 heterocycles. The standard InChI is InChI=1S/C13H17N3O2/c14-13(18)15-12(17)7-9-16-8-3-5-10-4-1-2-6-11(10)16/h1-2,4,6H,3,5,7-9H2,(H3,14,15,17,18). The van der Waals surface area contributed by atoms with Crippen LogP contribution in [0.3, 0.4) is 0 Å². The quantitative estimate of drug-likeness (QED) is 0.837. The molecule has 0 saturated carbocycles. The molecule has 96 valence electrons. The number of fused-ring (bicyclic) bond motifs is 1. The van der Waals surface area contributed by atoms with Crippen LogP contribution < -0.4 is 16.0 Å². The second-order valence-corrected chi connectivity index (χ2v) is 4.38. The van der Waals surface area contributed by atoms with E-state index >= 15 is 0 Å². The van der Waals surface area contributed by atoms with Gasteiger partial charge in [-0.25, -0.2) is 4.79 Å². The van der Waals surface area contributed by atoms with E-state index in [-0.39, 0.29) is 12.3 Å². The lowest BCUT2D eigenvalue weighted by Gasteiger charge is -2.31. The largest absolute Gasteiger partial charge is 0.371 e. The van der Waals surface area contributed by atoms with E-state index in [0.717, 1.165) is 19.4 Å². The van der Waals surface area contributed by atoms with Crippen molar-refractivity contribution in [2.75, 3.05) is 18.0 Å². The van der Waals surface area contributed by atoms with E-state index in [1.54, 1.807) is 0 Å². The number of anilines is 1. The zero-order valence-corrected chi connectivity index (χ0v) is 10.2. The molecule has 3 N–H and O–H groups in total. The van der Waals surface area contributed by atoms with Crippen molar-refractivity contribution in [2.24, 2.45) is 5.73 Å². The molecule has 18 heavy (non-hydrogen) atoms. The lowest BCUT2D eigenvalue weighted by atomic mass is 10.0. The first-order chi connectivity index (χ1) is 8.66. The maximum atomic E-state index is 11.4. The van der Waals surface area contributed by atoms with Gasteiger partial charge in [-0.15, -0.1) is 0 Å². The molecule has 0 unspecified atom stereocenters. The molecule has 0 aromatic heterocycles. The first-order valence-corrected chi connectivity index (χ1v) is 6.09. The number of nitrogens with one attached hydrogen (secondary N) is 1. The van der Waals surface area contributed by atoms with Crippen LogP contribution in [0.1, 0.15) is 18.4 Å². The summed E-state index contributed by atoms with van der Waals surface area (Å²) in [6.07, 6.45) is 2.45. The number of nitrogens with zero attached hydrogens (tertiary/aromatic N) is 1. The molecular formula is C13H17N3O2. The Morgan fingerprint density at radius 3 is 2.89 bits per heavy atom. The number of amides is 3. The van der Waals surface area contributed by atoms with Crippen LogP contribution in [0.2, 0.25) is 0 Å². The highest BCUT2D eigenvalue weighted by molar-refractivity contribution is 5.93. The van der Waals surface area contributed by atoms with Gasteiger partial charge in [0.1, 0.15) is 0 Å². The highest BCUT2D eigenvalue weighted by Crippen LogP contribution is 2.26. The minimum atomic E-state index is -0.793. The highest BCUT2D eigenvalue weighted by atomic mass is 16.2. The van der Waals surface area contributed by atoms with Crippen LogP contribution in [0.4, 0.5) is 10.5 Å². The normalized spacial score (nSPS) is 13.9. The number of primary amides is 1. The van der Waals surface area contributed by atoms with Crippen LogP contribution in [-0.4, -0.2) is 25.0 Å². The third kappa shape index (κ3) is 3.00. The summed E-state index contributed by atoms with van der Waals surface area (Å²) in [4.78, 5) is 24.1. The molecule has 1 aliphatic heterocycles. The van der Waals surface area contributed by atoms with Crippen molar-refractivity contribution in [2.45, 2.75) is 19.3 Å². The van der Waals surface area contributed by atoms with Gasteiger partial charge in [-0.1, -0.05) is 18.2 Å². The fourth-order valence-corrected chi connectivity index (χ4v) is 2.28. The van der Waals surface area contributed by atoms with Gasteiger partial charge in [-0.2, -0.15) is 0 Å². The molecule has 0 saturated heterocycles. The van der Waals surface area contributed by atoms with Crippen LogP contribution >= 0.6 is 0 Å². The zero-order chi connectivity index (χ0) is 13.0. The number of para-hydroxylation sites is 1. The van der Waals surface area contributed by atoms with Gasteiger partial charge in [0.05, 0.1) is 0 Å². The molecule has 5 heteroatoms. The number of carbonyl (C=O) groups is 2. The van der Waals surface area contributed by atoms with Gasteiger partial charge in [-0.05, 0) is 24.5 Å². The number of nitrogens with two attached hydrogens (primary N) is 1. The average molecular weight is 247 g/mol. The maximum Gasteiger partial charge on any atom is 0.318 e. The third-order valence-corrected chi connectivity index (χ3v) is 3.08. The van der Waals surface area contributed by atoms with Crippen molar-refractivity contribution in [1.29, 1.82) is 0 Å². The Labute approximate surface area is 106 Å². The summed E-state index contributed by atoms with van der Waals surface area (Å²) in [5, 5.41) is 2.08.